The van der Waals surface area contributed by atoms with Crippen molar-refractivity contribution in [1.82, 2.24) is 15.2 Å². The summed E-state index contributed by atoms with van der Waals surface area (Å²) in [5.41, 5.74) is 0.363. The van der Waals surface area contributed by atoms with Crippen LogP contribution < -0.4 is 10.6 Å². The fourth-order valence-corrected chi connectivity index (χ4v) is 2.42. The molecule has 0 spiro atoms. The number of aryl methyl sites for hydroxylation is 1. The van der Waals surface area contributed by atoms with Gasteiger partial charge in [0.15, 0.2) is 0 Å². The fraction of sp³-hybridized carbons (Fsp3) is 0.600. The molecule has 2 amide bonds. The molecule has 0 bridgehead atoms. The molecule has 0 aliphatic carbocycles. The average Bonchev–Trinajstić information content (AvgIpc) is 2.68. The first-order chi connectivity index (χ1) is 9.73. The van der Waals surface area contributed by atoms with E-state index >= 15 is 0 Å². The summed E-state index contributed by atoms with van der Waals surface area (Å²) in [6, 6.07) is 1.79. The van der Waals surface area contributed by atoms with E-state index in [-0.39, 0.29) is 23.8 Å². The largest absolute Gasteiger partial charge is 0.351 e. The molecule has 2 N–H and O–H groups in total. The van der Waals surface area contributed by atoms with Gasteiger partial charge >= 0.3 is 0 Å². The molecule has 118 valence electrons. The van der Waals surface area contributed by atoms with Crippen LogP contribution in [0.4, 0.5) is 0 Å². The van der Waals surface area contributed by atoms with Crippen LogP contribution in [0.25, 0.3) is 0 Å². The Labute approximate surface area is 134 Å². The topological polar surface area (TPSA) is 63.1 Å². The Kier molecular flexibility index (Phi) is 6.45. The molecule has 21 heavy (non-hydrogen) atoms. The normalized spacial score (nSPS) is 11.3. The van der Waals surface area contributed by atoms with E-state index in [0.29, 0.717) is 12.2 Å². The van der Waals surface area contributed by atoms with Crippen LogP contribution in [0, 0.1) is 0 Å². The van der Waals surface area contributed by atoms with Gasteiger partial charge in [-0.3, -0.25) is 9.59 Å². The molecule has 1 rings (SSSR count). The molecule has 0 aromatic carbocycles. The van der Waals surface area contributed by atoms with Crippen molar-refractivity contribution in [3.05, 3.63) is 22.4 Å². The van der Waals surface area contributed by atoms with Gasteiger partial charge in [0.1, 0.15) is 5.69 Å². The number of hydrogen-bond acceptors (Lipinski definition) is 2. The molecule has 0 radical (unpaired) electrons. The van der Waals surface area contributed by atoms with Gasteiger partial charge in [-0.1, -0.05) is 6.92 Å². The molecule has 0 saturated heterocycles. The number of rotatable bonds is 6. The van der Waals surface area contributed by atoms with Gasteiger partial charge in [-0.15, -0.1) is 0 Å². The monoisotopic (exact) mass is 357 g/mol. The highest BCUT2D eigenvalue weighted by Gasteiger charge is 2.15. The first-order valence-electron chi connectivity index (χ1n) is 7.18. The van der Waals surface area contributed by atoms with Crippen molar-refractivity contribution in [3.63, 3.8) is 0 Å². The summed E-state index contributed by atoms with van der Waals surface area (Å²) in [6.07, 6.45) is 3.12. The Morgan fingerprint density at radius 1 is 1.33 bits per heavy atom. The lowest BCUT2D eigenvalue weighted by atomic mass is 10.1. The maximum absolute atomic E-state index is 12.1. The standard InChI is InChI=1S/C15H24BrN3O2/c1-5-8-19-10-11(16)9-12(19)14(21)17-7-6-13(20)18-15(2,3)4/h9-10H,5-8H2,1-4H3,(H,17,21)(H,18,20). The highest BCUT2D eigenvalue weighted by molar-refractivity contribution is 9.10. The number of nitrogens with zero attached hydrogens (tertiary/aromatic N) is 1. The molecular weight excluding hydrogens is 334 g/mol. The second kappa shape index (κ2) is 7.64. The number of carbonyl (C=O) groups is 2. The molecular formula is C15H24BrN3O2. The molecule has 0 atom stereocenters. The molecule has 0 saturated carbocycles. The van der Waals surface area contributed by atoms with E-state index in [1.165, 1.54) is 0 Å². The minimum absolute atomic E-state index is 0.0621. The lowest BCUT2D eigenvalue weighted by Gasteiger charge is -2.20. The summed E-state index contributed by atoms with van der Waals surface area (Å²) in [5.74, 6) is -0.217. The molecule has 0 aliphatic rings. The first-order valence-corrected chi connectivity index (χ1v) is 7.97. The number of nitrogens with one attached hydrogen (secondary N) is 2. The smallest absolute Gasteiger partial charge is 0.267 e. The van der Waals surface area contributed by atoms with Crippen LogP contribution >= 0.6 is 15.9 Å². The Balaban J connectivity index is 2.49. The van der Waals surface area contributed by atoms with Crippen molar-refractivity contribution >= 4 is 27.7 Å². The van der Waals surface area contributed by atoms with Crippen molar-refractivity contribution in [1.29, 1.82) is 0 Å². The molecule has 0 aliphatic heterocycles. The van der Waals surface area contributed by atoms with Gasteiger partial charge in [0.2, 0.25) is 5.91 Å². The van der Waals surface area contributed by atoms with Crippen LogP contribution in [0.5, 0.6) is 0 Å². The quantitative estimate of drug-likeness (QED) is 0.821. The zero-order valence-corrected chi connectivity index (χ0v) is 14.7. The third-order valence-corrected chi connectivity index (χ3v) is 3.15. The maximum atomic E-state index is 12.1. The van der Waals surface area contributed by atoms with Crippen LogP contribution in [0.1, 0.15) is 51.0 Å². The van der Waals surface area contributed by atoms with Crippen molar-refractivity contribution in [3.8, 4) is 0 Å². The molecule has 1 aromatic rings. The van der Waals surface area contributed by atoms with Gasteiger partial charge in [0, 0.05) is 35.7 Å². The Morgan fingerprint density at radius 3 is 2.57 bits per heavy atom. The second-order valence-electron chi connectivity index (χ2n) is 6.04. The van der Waals surface area contributed by atoms with Gasteiger partial charge in [-0.2, -0.15) is 0 Å². The minimum Gasteiger partial charge on any atom is -0.351 e. The SMILES string of the molecule is CCCn1cc(Br)cc1C(=O)NCCC(=O)NC(C)(C)C. The van der Waals surface area contributed by atoms with E-state index in [2.05, 4.69) is 33.5 Å². The summed E-state index contributed by atoms with van der Waals surface area (Å²) in [4.78, 5) is 23.8. The van der Waals surface area contributed by atoms with Gasteiger partial charge < -0.3 is 15.2 Å². The number of amides is 2. The number of aromatic nitrogens is 1. The van der Waals surface area contributed by atoms with Gasteiger partial charge in [0.05, 0.1) is 0 Å². The summed E-state index contributed by atoms with van der Waals surface area (Å²) < 4.78 is 2.79. The fourth-order valence-electron chi connectivity index (χ4n) is 1.95. The molecule has 6 heteroatoms. The van der Waals surface area contributed by atoms with E-state index < -0.39 is 0 Å². The molecule has 0 fully saturated rings. The van der Waals surface area contributed by atoms with Crippen molar-refractivity contribution in [2.45, 2.75) is 52.6 Å². The zero-order valence-electron chi connectivity index (χ0n) is 13.1. The van der Waals surface area contributed by atoms with Crippen LogP contribution in [-0.2, 0) is 11.3 Å². The highest BCUT2D eigenvalue weighted by atomic mass is 79.9. The Morgan fingerprint density at radius 2 is 2.00 bits per heavy atom. The van der Waals surface area contributed by atoms with E-state index in [1.807, 2.05) is 31.5 Å². The highest BCUT2D eigenvalue weighted by Crippen LogP contribution is 2.15. The Hall–Kier alpha value is -1.30. The maximum Gasteiger partial charge on any atom is 0.267 e. The summed E-state index contributed by atoms with van der Waals surface area (Å²) >= 11 is 3.38. The first kappa shape index (κ1) is 17.8. The summed E-state index contributed by atoms with van der Waals surface area (Å²) in [5, 5.41) is 5.65. The zero-order chi connectivity index (χ0) is 16.0. The average molecular weight is 358 g/mol. The van der Waals surface area contributed by atoms with Crippen molar-refractivity contribution in [2.24, 2.45) is 0 Å². The van der Waals surface area contributed by atoms with E-state index in [9.17, 15) is 9.59 Å². The number of hydrogen-bond donors (Lipinski definition) is 2. The van der Waals surface area contributed by atoms with Crippen molar-refractivity contribution in [2.75, 3.05) is 6.54 Å². The van der Waals surface area contributed by atoms with Gasteiger partial charge in [-0.25, -0.2) is 0 Å². The summed E-state index contributed by atoms with van der Waals surface area (Å²) in [7, 11) is 0. The van der Waals surface area contributed by atoms with Crippen molar-refractivity contribution < 1.29 is 9.59 Å². The molecule has 1 aromatic heterocycles. The third-order valence-electron chi connectivity index (χ3n) is 2.71. The predicted molar refractivity (Wildman–Crippen MR) is 87.3 cm³/mol. The van der Waals surface area contributed by atoms with Crippen LogP contribution in [-0.4, -0.2) is 28.5 Å². The van der Waals surface area contributed by atoms with Gasteiger partial charge in [0.25, 0.3) is 5.91 Å². The van der Waals surface area contributed by atoms with Crippen LogP contribution in [0.2, 0.25) is 0 Å². The predicted octanol–water partition coefficient (Wildman–Crippen LogP) is 2.70. The van der Waals surface area contributed by atoms with Gasteiger partial charge in [-0.05, 0) is 49.2 Å². The molecule has 1 heterocycles. The van der Waals surface area contributed by atoms with E-state index in [4.69, 9.17) is 0 Å². The minimum atomic E-state index is -0.248. The third kappa shape index (κ3) is 6.33. The van der Waals surface area contributed by atoms with E-state index in [1.54, 1.807) is 6.07 Å². The van der Waals surface area contributed by atoms with Crippen LogP contribution in [0.15, 0.2) is 16.7 Å². The lowest BCUT2D eigenvalue weighted by molar-refractivity contribution is -0.122. The lowest BCUT2D eigenvalue weighted by Crippen LogP contribution is -2.42. The number of carbonyl (C=O) groups excluding carboxylic acids is 2. The Bertz CT molecular complexity index is 504. The number of halogens is 1. The van der Waals surface area contributed by atoms with Crippen LogP contribution in [0.3, 0.4) is 0 Å². The van der Waals surface area contributed by atoms with E-state index in [0.717, 1.165) is 17.4 Å². The molecule has 5 nitrogen and oxygen atoms in total. The summed E-state index contributed by atoms with van der Waals surface area (Å²) in [6.45, 7) is 8.97. The second-order valence-corrected chi connectivity index (χ2v) is 6.96. The molecule has 0 unspecified atom stereocenters.